The average molecular weight is 384 g/mol. The van der Waals surface area contributed by atoms with E-state index in [-0.39, 0.29) is 5.91 Å². The molecule has 2 aromatic carbocycles. The summed E-state index contributed by atoms with van der Waals surface area (Å²) in [6.07, 6.45) is 0. The van der Waals surface area contributed by atoms with E-state index < -0.39 is 0 Å². The molecule has 0 aliphatic heterocycles. The lowest BCUT2D eigenvalue weighted by Gasteiger charge is -2.11. The molecule has 0 unspecified atom stereocenters. The molecule has 3 nitrogen and oxygen atoms in total. The molecule has 0 bridgehead atoms. The summed E-state index contributed by atoms with van der Waals surface area (Å²) in [5, 5.41) is 2.86. The van der Waals surface area contributed by atoms with Gasteiger partial charge < -0.3 is 11.1 Å². The first-order chi connectivity index (χ1) is 8.99. The van der Waals surface area contributed by atoms with Crippen molar-refractivity contribution in [1.82, 2.24) is 0 Å². The highest BCUT2D eigenvalue weighted by Crippen LogP contribution is 2.25. The van der Waals surface area contributed by atoms with Crippen LogP contribution in [0, 0.1) is 6.92 Å². The zero-order valence-corrected chi connectivity index (χ0v) is 13.4. The molecule has 0 aliphatic carbocycles. The van der Waals surface area contributed by atoms with Gasteiger partial charge in [0, 0.05) is 20.3 Å². The summed E-state index contributed by atoms with van der Waals surface area (Å²) in [6, 6.07) is 10.9. The van der Waals surface area contributed by atoms with E-state index in [0.29, 0.717) is 11.3 Å². The monoisotopic (exact) mass is 382 g/mol. The summed E-state index contributed by atoms with van der Waals surface area (Å²) in [4.78, 5) is 12.2. The van der Waals surface area contributed by atoms with Gasteiger partial charge in [-0.3, -0.25) is 4.79 Å². The lowest BCUT2D eigenvalue weighted by atomic mass is 10.1. The van der Waals surface area contributed by atoms with Crippen molar-refractivity contribution < 1.29 is 4.79 Å². The normalized spacial score (nSPS) is 10.3. The first kappa shape index (κ1) is 14.1. The van der Waals surface area contributed by atoms with E-state index >= 15 is 0 Å². The number of rotatable bonds is 2. The Labute approximate surface area is 128 Å². The minimum atomic E-state index is -0.216. The lowest BCUT2D eigenvalue weighted by molar-refractivity contribution is 0.102. The van der Waals surface area contributed by atoms with Crippen LogP contribution in [0.1, 0.15) is 15.9 Å². The molecule has 0 aromatic heterocycles. The van der Waals surface area contributed by atoms with Gasteiger partial charge in [0.15, 0.2) is 0 Å². The summed E-state index contributed by atoms with van der Waals surface area (Å²) >= 11 is 6.75. The Morgan fingerprint density at radius 2 is 1.95 bits per heavy atom. The van der Waals surface area contributed by atoms with Crippen LogP contribution in [0.25, 0.3) is 0 Å². The Balaban J connectivity index is 2.28. The van der Waals surface area contributed by atoms with E-state index in [1.807, 2.05) is 25.1 Å². The van der Waals surface area contributed by atoms with Gasteiger partial charge in [-0.25, -0.2) is 0 Å². The first-order valence-electron chi connectivity index (χ1n) is 5.60. The van der Waals surface area contributed by atoms with Crippen molar-refractivity contribution in [3.05, 3.63) is 56.5 Å². The fourth-order valence-electron chi connectivity index (χ4n) is 1.67. The highest BCUT2D eigenvalue weighted by molar-refractivity contribution is 9.10. The third-order valence-electron chi connectivity index (χ3n) is 2.77. The number of hydrogen-bond acceptors (Lipinski definition) is 2. The number of benzene rings is 2. The van der Waals surface area contributed by atoms with Crippen molar-refractivity contribution in [2.75, 3.05) is 11.1 Å². The number of anilines is 2. The van der Waals surface area contributed by atoms with Crippen LogP contribution in [0.15, 0.2) is 45.3 Å². The van der Waals surface area contributed by atoms with E-state index in [2.05, 4.69) is 37.2 Å². The molecule has 0 heterocycles. The minimum absolute atomic E-state index is 0.216. The number of carbonyl (C=O) groups excluding carboxylic acids is 1. The summed E-state index contributed by atoms with van der Waals surface area (Å²) in [5.41, 5.74) is 8.49. The summed E-state index contributed by atoms with van der Waals surface area (Å²) in [6.45, 7) is 1.94. The number of carbonyl (C=O) groups is 1. The summed E-state index contributed by atoms with van der Waals surface area (Å²) in [7, 11) is 0. The molecular weight excluding hydrogens is 372 g/mol. The van der Waals surface area contributed by atoms with Crippen LogP contribution in [0.3, 0.4) is 0 Å². The molecule has 19 heavy (non-hydrogen) atoms. The van der Waals surface area contributed by atoms with Crippen LogP contribution in [0.5, 0.6) is 0 Å². The van der Waals surface area contributed by atoms with Crippen molar-refractivity contribution in [3.63, 3.8) is 0 Å². The summed E-state index contributed by atoms with van der Waals surface area (Å²) in [5.74, 6) is -0.216. The largest absolute Gasteiger partial charge is 0.398 e. The van der Waals surface area contributed by atoms with Gasteiger partial charge >= 0.3 is 0 Å². The fraction of sp³-hybridized carbons (Fsp3) is 0.0714. The molecule has 0 fully saturated rings. The van der Waals surface area contributed by atoms with Gasteiger partial charge in [0.05, 0.1) is 5.56 Å². The summed E-state index contributed by atoms with van der Waals surface area (Å²) < 4.78 is 1.80. The molecule has 0 saturated heterocycles. The maximum atomic E-state index is 12.2. The number of amides is 1. The number of hydrogen-bond donors (Lipinski definition) is 2. The smallest absolute Gasteiger partial charge is 0.257 e. The molecule has 0 spiro atoms. The van der Waals surface area contributed by atoms with Crippen molar-refractivity contribution >= 4 is 49.1 Å². The Morgan fingerprint density at radius 1 is 1.21 bits per heavy atom. The Bertz CT molecular complexity index is 641. The molecule has 0 radical (unpaired) electrons. The number of halogens is 2. The van der Waals surface area contributed by atoms with Gasteiger partial charge in [0.2, 0.25) is 0 Å². The predicted molar refractivity (Wildman–Crippen MR) is 85.4 cm³/mol. The third kappa shape index (κ3) is 3.16. The van der Waals surface area contributed by atoms with Gasteiger partial charge in [-0.1, -0.05) is 37.9 Å². The maximum absolute atomic E-state index is 12.2. The van der Waals surface area contributed by atoms with Gasteiger partial charge in [0.1, 0.15) is 0 Å². The van der Waals surface area contributed by atoms with E-state index in [1.54, 1.807) is 18.2 Å². The SMILES string of the molecule is Cc1c(Br)cccc1NC(=O)c1ccc(Br)cc1N. The zero-order valence-electron chi connectivity index (χ0n) is 10.2. The van der Waals surface area contributed by atoms with E-state index in [4.69, 9.17) is 5.73 Å². The maximum Gasteiger partial charge on any atom is 0.257 e. The molecule has 3 N–H and O–H groups in total. The molecule has 2 rings (SSSR count). The highest BCUT2D eigenvalue weighted by atomic mass is 79.9. The second-order valence-corrected chi connectivity index (χ2v) is 5.87. The van der Waals surface area contributed by atoms with Crippen molar-refractivity contribution in [2.45, 2.75) is 6.92 Å². The average Bonchev–Trinajstić information content (AvgIpc) is 2.34. The van der Waals surface area contributed by atoms with Gasteiger partial charge in [-0.15, -0.1) is 0 Å². The first-order valence-corrected chi connectivity index (χ1v) is 7.19. The molecular formula is C14H12Br2N2O. The minimum Gasteiger partial charge on any atom is -0.398 e. The zero-order chi connectivity index (χ0) is 14.0. The van der Waals surface area contributed by atoms with E-state index in [0.717, 1.165) is 20.2 Å². The van der Waals surface area contributed by atoms with Crippen LogP contribution >= 0.6 is 31.9 Å². The quantitative estimate of drug-likeness (QED) is 0.757. The van der Waals surface area contributed by atoms with Crippen molar-refractivity contribution in [2.24, 2.45) is 0 Å². The van der Waals surface area contributed by atoms with E-state index in [9.17, 15) is 4.79 Å². The van der Waals surface area contributed by atoms with Crippen LogP contribution in [0.2, 0.25) is 0 Å². The van der Waals surface area contributed by atoms with Crippen molar-refractivity contribution in [1.29, 1.82) is 0 Å². The van der Waals surface area contributed by atoms with Crippen LogP contribution in [-0.2, 0) is 0 Å². The van der Waals surface area contributed by atoms with Gasteiger partial charge in [-0.05, 0) is 42.8 Å². The van der Waals surface area contributed by atoms with Crippen LogP contribution < -0.4 is 11.1 Å². The topological polar surface area (TPSA) is 55.1 Å². The highest BCUT2D eigenvalue weighted by Gasteiger charge is 2.11. The van der Waals surface area contributed by atoms with E-state index in [1.165, 1.54) is 0 Å². The second-order valence-electron chi connectivity index (χ2n) is 4.10. The molecule has 5 heteroatoms. The Morgan fingerprint density at radius 3 is 2.63 bits per heavy atom. The standard InChI is InChI=1S/C14H12Br2N2O/c1-8-11(16)3-2-4-13(8)18-14(19)10-6-5-9(15)7-12(10)17/h2-7H,17H2,1H3,(H,18,19). The number of nitrogen functional groups attached to an aromatic ring is 1. The molecule has 98 valence electrons. The lowest BCUT2D eigenvalue weighted by Crippen LogP contribution is -2.14. The number of nitrogens with one attached hydrogen (secondary N) is 1. The predicted octanol–water partition coefficient (Wildman–Crippen LogP) is 4.35. The van der Waals surface area contributed by atoms with Gasteiger partial charge in [0.25, 0.3) is 5.91 Å². The molecule has 0 saturated carbocycles. The van der Waals surface area contributed by atoms with Gasteiger partial charge in [-0.2, -0.15) is 0 Å². The molecule has 1 amide bonds. The fourth-order valence-corrected chi connectivity index (χ4v) is 2.42. The Hall–Kier alpha value is -1.33. The van der Waals surface area contributed by atoms with Crippen molar-refractivity contribution in [3.8, 4) is 0 Å². The number of nitrogens with two attached hydrogens (primary N) is 1. The third-order valence-corrected chi connectivity index (χ3v) is 4.13. The molecule has 0 aliphatic rings. The second kappa shape index (κ2) is 5.75. The Kier molecular flexibility index (Phi) is 4.27. The van der Waals surface area contributed by atoms with Crippen LogP contribution in [-0.4, -0.2) is 5.91 Å². The molecule has 0 atom stereocenters. The molecule has 2 aromatic rings. The van der Waals surface area contributed by atoms with Crippen LogP contribution in [0.4, 0.5) is 11.4 Å².